The number of likely N-dealkylation sites (N-methyl/N-ethyl adjacent to an activating group) is 1. The number of nitrogens with one attached hydrogen (secondary N) is 2. The van der Waals surface area contributed by atoms with Gasteiger partial charge in [-0.05, 0) is 33.4 Å². The Balaban J connectivity index is 3.02. The molecule has 0 amide bonds. The molecule has 0 aromatic carbocycles. The van der Waals surface area contributed by atoms with Gasteiger partial charge in [-0.25, -0.2) is 13.1 Å². The van der Waals surface area contributed by atoms with E-state index in [-0.39, 0.29) is 16.6 Å². The Morgan fingerprint density at radius 3 is 2.48 bits per heavy atom. The van der Waals surface area contributed by atoms with Crippen molar-refractivity contribution in [2.24, 2.45) is 5.92 Å². The molecule has 7 nitrogen and oxygen atoms in total. The van der Waals surface area contributed by atoms with Gasteiger partial charge in [0, 0.05) is 12.6 Å². The highest BCUT2D eigenvalue weighted by Gasteiger charge is 2.27. The molecular weight excluding hydrogens is 292 g/mol. The van der Waals surface area contributed by atoms with Crippen molar-refractivity contribution in [3.8, 4) is 0 Å². The molecule has 0 aliphatic rings. The van der Waals surface area contributed by atoms with Gasteiger partial charge in [0.1, 0.15) is 10.6 Å². The molecule has 1 atom stereocenters. The number of sulfonamides is 1. The van der Waals surface area contributed by atoms with E-state index in [1.165, 1.54) is 0 Å². The number of hydrogen-bond acceptors (Lipinski definition) is 5. The van der Waals surface area contributed by atoms with Gasteiger partial charge in [0.05, 0.1) is 12.3 Å². The maximum Gasteiger partial charge on any atom is 0.244 e. The summed E-state index contributed by atoms with van der Waals surface area (Å²) in [4.78, 5) is 2.00. The average molecular weight is 318 g/mol. The lowest BCUT2D eigenvalue weighted by Gasteiger charge is -2.23. The van der Waals surface area contributed by atoms with E-state index in [9.17, 15) is 13.5 Å². The largest absolute Gasteiger partial charge is 0.390 e. The number of aliphatic hydroxyl groups excluding tert-OH is 1. The fourth-order valence-corrected chi connectivity index (χ4v) is 3.98. The fourth-order valence-electron chi connectivity index (χ4n) is 2.38. The molecule has 0 bridgehead atoms. The van der Waals surface area contributed by atoms with Crippen LogP contribution in [-0.2, 0) is 16.6 Å². The zero-order valence-electron chi connectivity index (χ0n) is 13.3. The highest BCUT2D eigenvalue weighted by atomic mass is 32.2. The van der Waals surface area contributed by atoms with Gasteiger partial charge in [-0.2, -0.15) is 5.10 Å². The van der Waals surface area contributed by atoms with Crippen molar-refractivity contribution < 1.29 is 13.5 Å². The van der Waals surface area contributed by atoms with Crippen molar-refractivity contribution in [2.45, 2.75) is 44.7 Å². The minimum atomic E-state index is -3.71. The molecule has 1 rings (SSSR count). The first kappa shape index (κ1) is 18.1. The second-order valence-corrected chi connectivity index (χ2v) is 7.64. The summed E-state index contributed by atoms with van der Waals surface area (Å²) < 4.78 is 27.9. The monoisotopic (exact) mass is 318 g/mol. The van der Waals surface area contributed by atoms with Gasteiger partial charge in [-0.1, -0.05) is 13.8 Å². The van der Waals surface area contributed by atoms with Crippen molar-refractivity contribution >= 4 is 10.0 Å². The third kappa shape index (κ3) is 5.06. The predicted molar refractivity (Wildman–Crippen MR) is 81.4 cm³/mol. The van der Waals surface area contributed by atoms with E-state index in [0.29, 0.717) is 18.2 Å². The van der Waals surface area contributed by atoms with Crippen LogP contribution in [-0.4, -0.2) is 55.3 Å². The molecular formula is C13H26N4O3S. The molecule has 0 radical (unpaired) electrons. The minimum Gasteiger partial charge on any atom is -0.390 e. The van der Waals surface area contributed by atoms with E-state index in [2.05, 4.69) is 28.8 Å². The van der Waals surface area contributed by atoms with Crippen LogP contribution in [0.1, 0.15) is 31.7 Å². The maximum absolute atomic E-state index is 12.6. The summed E-state index contributed by atoms with van der Waals surface area (Å²) in [6.45, 7) is 5.94. The molecule has 1 unspecified atom stereocenters. The number of aryl methyl sites for hydroxylation is 1. The SMILES string of the molecule is Cc1[nH]nc(CO)c1S(=O)(=O)NC(CC(C)C)CN(C)C. The van der Waals surface area contributed by atoms with Crippen LogP contribution in [0.3, 0.4) is 0 Å². The average Bonchev–Trinajstić information content (AvgIpc) is 2.68. The Morgan fingerprint density at radius 2 is 2.00 bits per heavy atom. The van der Waals surface area contributed by atoms with Crippen LogP contribution in [0.2, 0.25) is 0 Å². The molecule has 1 aromatic rings. The summed E-state index contributed by atoms with van der Waals surface area (Å²) in [5.74, 6) is 0.375. The van der Waals surface area contributed by atoms with Crippen LogP contribution in [0.4, 0.5) is 0 Å². The number of nitrogens with zero attached hydrogens (tertiary/aromatic N) is 2. The van der Waals surface area contributed by atoms with Crippen LogP contribution < -0.4 is 4.72 Å². The van der Waals surface area contributed by atoms with Gasteiger partial charge >= 0.3 is 0 Å². The summed E-state index contributed by atoms with van der Waals surface area (Å²) in [7, 11) is 0.102. The van der Waals surface area contributed by atoms with E-state index < -0.39 is 16.6 Å². The first-order valence-corrected chi connectivity index (χ1v) is 8.47. The molecule has 0 spiro atoms. The Kier molecular flexibility index (Phi) is 6.33. The lowest BCUT2D eigenvalue weighted by atomic mass is 10.0. The highest BCUT2D eigenvalue weighted by Crippen LogP contribution is 2.19. The third-order valence-electron chi connectivity index (χ3n) is 3.04. The lowest BCUT2D eigenvalue weighted by Crippen LogP contribution is -2.42. The number of aliphatic hydroxyl groups is 1. The Labute approximate surface area is 126 Å². The maximum atomic E-state index is 12.6. The normalized spacial score (nSPS) is 14.1. The Bertz CT molecular complexity index is 542. The highest BCUT2D eigenvalue weighted by molar-refractivity contribution is 7.89. The van der Waals surface area contributed by atoms with Gasteiger partial charge in [0.25, 0.3) is 0 Å². The summed E-state index contributed by atoms with van der Waals surface area (Å²) in [6.07, 6.45) is 0.739. The van der Waals surface area contributed by atoms with Gasteiger partial charge in [-0.3, -0.25) is 5.10 Å². The number of aromatic amines is 1. The standard InChI is InChI=1S/C13H26N4O3S/c1-9(2)6-11(7-17(4)5)16-21(19,20)13-10(3)14-15-12(13)8-18/h9,11,16,18H,6-8H2,1-5H3,(H,14,15). The number of rotatable bonds is 8. The van der Waals surface area contributed by atoms with E-state index in [4.69, 9.17) is 0 Å². The Hall–Kier alpha value is -0.960. The van der Waals surface area contributed by atoms with Gasteiger partial charge in [0.2, 0.25) is 10.0 Å². The lowest BCUT2D eigenvalue weighted by molar-refractivity contribution is 0.273. The fraction of sp³-hybridized carbons (Fsp3) is 0.769. The molecule has 122 valence electrons. The molecule has 1 heterocycles. The van der Waals surface area contributed by atoms with Crippen LogP contribution in [0.5, 0.6) is 0 Å². The second kappa shape index (κ2) is 7.35. The van der Waals surface area contributed by atoms with Crippen molar-refractivity contribution in [2.75, 3.05) is 20.6 Å². The molecule has 3 N–H and O–H groups in total. The third-order valence-corrected chi connectivity index (χ3v) is 4.77. The number of hydrogen-bond donors (Lipinski definition) is 3. The summed E-state index contributed by atoms with van der Waals surface area (Å²) >= 11 is 0. The topological polar surface area (TPSA) is 98.3 Å². The van der Waals surface area contributed by atoms with Crippen molar-refractivity contribution in [3.05, 3.63) is 11.4 Å². The molecule has 0 saturated carbocycles. The molecule has 8 heteroatoms. The van der Waals surface area contributed by atoms with E-state index in [0.717, 1.165) is 6.42 Å². The number of H-pyrrole nitrogens is 1. The van der Waals surface area contributed by atoms with Crippen molar-refractivity contribution in [3.63, 3.8) is 0 Å². The Morgan fingerprint density at radius 1 is 1.38 bits per heavy atom. The van der Waals surface area contributed by atoms with Crippen molar-refractivity contribution in [1.29, 1.82) is 0 Å². The van der Waals surface area contributed by atoms with Crippen LogP contribution >= 0.6 is 0 Å². The molecule has 0 aliphatic carbocycles. The quantitative estimate of drug-likeness (QED) is 0.647. The molecule has 21 heavy (non-hydrogen) atoms. The van der Waals surface area contributed by atoms with Crippen LogP contribution in [0.25, 0.3) is 0 Å². The second-order valence-electron chi connectivity index (χ2n) is 5.99. The summed E-state index contributed by atoms with van der Waals surface area (Å²) in [6, 6.07) is -0.189. The zero-order chi connectivity index (χ0) is 16.2. The first-order chi connectivity index (χ1) is 9.67. The van der Waals surface area contributed by atoms with Crippen LogP contribution in [0.15, 0.2) is 4.90 Å². The van der Waals surface area contributed by atoms with Gasteiger partial charge < -0.3 is 10.0 Å². The molecule has 0 fully saturated rings. The molecule has 1 aromatic heterocycles. The van der Waals surface area contributed by atoms with Crippen molar-refractivity contribution in [1.82, 2.24) is 19.8 Å². The minimum absolute atomic E-state index is 0.0533. The van der Waals surface area contributed by atoms with E-state index in [1.807, 2.05) is 19.0 Å². The summed E-state index contributed by atoms with van der Waals surface area (Å²) in [5, 5.41) is 15.7. The predicted octanol–water partition coefficient (Wildman–Crippen LogP) is 0.465. The van der Waals surface area contributed by atoms with Crippen LogP contribution in [0, 0.1) is 12.8 Å². The van der Waals surface area contributed by atoms with E-state index >= 15 is 0 Å². The number of aromatic nitrogens is 2. The van der Waals surface area contributed by atoms with Gasteiger partial charge in [0.15, 0.2) is 0 Å². The first-order valence-electron chi connectivity index (χ1n) is 6.99. The zero-order valence-corrected chi connectivity index (χ0v) is 14.2. The molecule has 0 saturated heterocycles. The van der Waals surface area contributed by atoms with Gasteiger partial charge in [-0.15, -0.1) is 0 Å². The molecule has 0 aliphatic heterocycles. The smallest absolute Gasteiger partial charge is 0.244 e. The summed E-state index contributed by atoms with van der Waals surface area (Å²) in [5.41, 5.74) is 0.577. The van der Waals surface area contributed by atoms with E-state index in [1.54, 1.807) is 6.92 Å².